The fourth-order valence-electron chi connectivity index (χ4n) is 1.64. The third kappa shape index (κ3) is 2.75. The van der Waals surface area contributed by atoms with Gasteiger partial charge in [-0.05, 0) is 26.0 Å². The van der Waals surface area contributed by atoms with Crippen molar-refractivity contribution in [1.29, 1.82) is 0 Å². The second kappa shape index (κ2) is 4.86. The number of carbonyl (C=O) groups excluding carboxylic acids is 1. The lowest BCUT2D eigenvalue weighted by atomic mass is 10.4. The van der Waals surface area contributed by atoms with E-state index in [1.54, 1.807) is 6.20 Å². The molecule has 0 fully saturated rings. The Morgan fingerprint density at radius 2 is 2.29 bits per heavy atom. The molecule has 2 N–H and O–H groups in total. The van der Waals surface area contributed by atoms with Crippen LogP contribution >= 0.6 is 0 Å². The highest BCUT2D eigenvalue weighted by Crippen LogP contribution is 2.10. The van der Waals surface area contributed by atoms with E-state index >= 15 is 0 Å². The summed E-state index contributed by atoms with van der Waals surface area (Å²) in [5.41, 5.74) is 0.860. The number of imidazole rings is 1. The Morgan fingerprint density at radius 3 is 3.06 bits per heavy atom. The highest BCUT2D eigenvalue weighted by atomic mass is 16.1. The molecule has 17 heavy (non-hydrogen) atoms. The van der Waals surface area contributed by atoms with Gasteiger partial charge in [0.2, 0.25) is 5.91 Å². The molecule has 2 heterocycles. The van der Waals surface area contributed by atoms with Gasteiger partial charge in [0, 0.05) is 18.4 Å². The van der Waals surface area contributed by atoms with E-state index in [1.807, 2.05) is 42.6 Å². The number of hydrogen-bond acceptors (Lipinski definition) is 3. The molecule has 0 aliphatic rings. The lowest BCUT2D eigenvalue weighted by Gasteiger charge is -2.11. The topological polar surface area (TPSA) is 58.4 Å². The molecule has 90 valence electrons. The average Bonchev–Trinajstić information content (AvgIpc) is 2.73. The van der Waals surface area contributed by atoms with Crippen molar-refractivity contribution in [3.63, 3.8) is 0 Å². The number of anilines is 1. The van der Waals surface area contributed by atoms with Gasteiger partial charge in [-0.15, -0.1) is 0 Å². The van der Waals surface area contributed by atoms with Gasteiger partial charge >= 0.3 is 0 Å². The molecule has 0 atom stereocenters. The van der Waals surface area contributed by atoms with Crippen molar-refractivity contribution in [3.05, 3.63) is 30.6 Å². The maximum Gasteiger partial charge on any atom is 0.239 e. The van der Waals surface area contributed by atoms with Crippen LogP contribution < -0.4 is 10.6 Å². The van der Waals surface area contributed by atoms with Crippen molar-refractivity contribution in [3.8, 4) is 0 Å². The molecule has 5 heteroatoms. The lowest BCUT2D eigenvalue weighted by Crippen LogP contribution is -2.35. The Bertz CT molecular complexity index is 518. The Morgan fingerprint density at radius 1 is 1.47 bits per heavy atom. The van der Waals surface area contributed by atoms with E-state index in [9.17, 15) is 4.79 Å². The van der Waals surface area contributed by atoms with E-state index in [1.165, 1.54) is 0 Å². The number of aromatic nitrogens is 2. The molecule has 1 amide bonds. The van der Waals surface area contributed by atoms with E-state index in [-0.39, 0.29) is 18.5 Å². The second-order valence-corrected chi connectivity index (χ2v) is 4.14. The highest BCUT2D eigenvalue weighted by Gasteiger charge is 2.04. The quantitative estimate of drug-likeness (QED) is 0.834. The summed E-state index contributed by atoms with van der Waals surface area (Å²) in [5, 5.41) is 5.92. The van der Waals surface area contributed by atoms with Crippen LogP contribution in [-0.4, -0.2) is 27.9 Å². The van der Waals surface area contributed by atoms with E-state index in [0.29, 0.717) is 0 Å². The average molecular weight is 232 g/mol. The Kier molecular flexibility index (Phi) is 3.27. The molecule has 2 rings (SSSR count). The first-order chi connectivity index (χ1) is 8.16. The fraction of sp³-hybridized carbons (Fsp3) is 0.333. The number of amides is 1. The van der Waals surface area contributed by atoms with Crippen molar-refractivity contribution in [2.24, 2.45) is 0 Å². The number of rotatable bonds is 4. The molecular weight excluding hydrogens is 216 g/mol. The van der Waals surface area contributed by atoms with Crippen LogP contribution in [-0.2, 0) is 4.79 Å². The van der Waals surface area contributed by atoms with Crippen molar-refractivity contribution >= 4 is 17.4 Å². The summed E-state index contributed by atoms with van der Waals surface area (Å²) >= 11 is 0. The second-order valence-electron chi connectivity index (χ2n) is 4.14. The fourth-order valence-corrected chi connectivity index (χ4v) is 1.64. The molecule has 2 aromatic heterocycles. The third-order valence-electron chi connectivity index (χ3n) is 2.31. The van der Waals surface area contributed by atoms with Gasteiger partial charge < -0.3 is 10.6 Å². The van der Waals surface area contributed by atoms with Gasteiger partial charge in [0.1, 0.15) is 11.5 Å². The summed E-state index contributed by atoms with van der Waals surface area (Å²) in [5.74, 6) is 0.844. The molecule has 0 saturated heterocycles. The van der Waals surface area contributed by atoms with Crippen molar-refractivity contribution in [2.75, 3.05) is 11.9 Å². The lowest BCUT2D eigenvalue weighted by molar-refractivity contribution is -0.119. The van der Waals surface area contributed by atoms with Gasteiger partial charge in [-0.25, -0.2) is 4.98 Å². The molecule has 0 saturated carbocycles. The Hall–Kier alpha value is -2.04. The first kappa shape index (κ1) is 11.4. The van der Waals surface area contributed by atoms with Crippen LogP contribution in [0, 0.1) is 0 Å². The van der Waals surface area contributed by atoms with Crippen LogP contribution in [0.4, 0.5) is 5.82 Å². The number of nitrogens with one attached hydrogen (secondary N) is 2. The van der Waals surface area contributed by atoms with Gasteiger partial charge in [-0.3, -0.25) is 9.20 Å². The Balaban J connectivity index is 2.04. The first-order valence-electron chi connectivity index (χ1n) is 5.62. The molecule has 0 radical (unpaired) electrons. The maximum atomic E-state index is 11.5. The molecule has 0 unspecified atom stereocenters. The minimum absolute atomic E-state index is 0.0166. The predicted molar refractivity (Wildman–Crippen MR) is 67.0 cm³/mol. The number of pyridine rings is 1. The van der Waals surface area contributed by atoms with Crippen LogP contribution in [0.25, 0.3) is 5.65 Å². The number of carbonyl (C=O) groups is 1. The minimum Gasteiger partial charge on any atom is -0.362 e. The van der Waals surface area contributed by atoms with E-state index in [4.69, 9.17) is 0 Å². The summed E-state index contributed by atoms with van der Waals surface area (Å²) in [6.45, 7) is 4.14. The third-order valence-corrected chi connectivity index (χ3v) is 2.31. The predicted octanol–water partition coefficient (Wildman–Crippen LogP) is 1.27. The minimum atomic E-state index is -0.0166. The van der Waals surface area contributed by atoms with Gasteiger partial charge in [-0.1, -0.05) is 6.07 Å². The summed E-state index contributed by atoms with van der Waals surface area (Å²) in [6.07, 6.45) is 3.59. The summed E-state index contributed by atoms with van der Waals surface area (Å²) in [7, 11) is 0. The normalized spacial score (nSPS) is 10.8. The zero-order valence-electron chi connectivity index (χ0n) is 9.97. The van der Waals surface area contributed by atoms with Crippen LogP contribution in [0.15, 0.2) is 30.6 Å². The smallest absolute Gasteiger partial charge is 0.239 e. The summed E-state index contributed by atoms with van der Waals surface area (Å²) in [4.78, 5) is 15.7. The largest absolute Gasteiger partial charge is 0.362 e. The molecule has 0 spiro atoms. The zero-order chi connectivity index (χ0) is 12.3. The van der Waals surface area contributed by atoms with Gasteiger partial charge in [-0.2, -0.15) is 0 Å². The maximum absolute atomic E-state index is 11.5. The monoisotopic (exact) mass is 232 g/mol. The summed E-state index contributed by atoms with van der Waals surface area (Å²) < 4.78 is 1.91. The van der Waals surface area contributed by atoms with Crippen molar-refractivity contribution in [2.45, 2.75) is 19.9 Å². The molecule has 0 aliphatic heterocycles. The molecule has 2 aromatic rings. The number of hydrogen-bond donors (Lipinski definition) is 2. The number of nitrogens with zero attached hydrogens (tertiary/aromatic N) is 2. The van der Waals surface area contributed by atoms with Crippen molar-refractivity contribution in [1.82, 2.24) is 14.7 Å². The van der Waals surface area contributed by atoms with Crippen LogP contribution in [0.3, 0.4) is 0 Å². The van der Waals surface area contributed by atoms with Crippen LogP contribution in [0.5, 0.6) is 0 Å². The molecule has 0 bridgehead atoms. The van der Waals surface area contributed by atoms with E-state index < -0.39 is 0 Å². The van der Waals surface area contributed by atoms with Gasteiger partial charge in [0.25, 0.3) is 0 Å². The Labute approximate surface area is 99.9 Å². The van der Waals surface area contributed by atoms with Gasteiger partial charge in [0.15, 0.2) is 0 Å². The van der Waals surface area contributed by atoms with Crippen LogP contribution in [0.1, 0.15) is 13.8 Å². The first-order valence-corrected chi connectivity index (χ1v) is 5.62. The van der Waals surface area contributed by atoms with E-state index in [2.05, 4.69) is 15.6 Å². The number of fused-ring (bicyclic) bond motifs is 1. The SMILES string of the molecule is CC(C)NC(=O)CNc1cccc2nccn12. The molecule has 0 aromatic carbocycles. The molecule has 0 aliphatic carbocycles. The van der Waals surface area contributed by atoms with Gasteiger partial charge in [0.05, 0.1) is 6.54 Å². The highest BCUT2D eigenvalue weighted by molar-refractivity contribution is 5.80. The van der Waals surface area contributed by atoms with E-state index in [0.717, 1.165) is 11.5 Å². The van der Waals surface area contributed by atoms with Crippen LogP contribution in [0.2, 0.25) is 0 Å². The standard InChI is InChI=1S/C12H16N4O/c1-9(2)15-12(17)8-14-11-5-3-4-10-13-6-7-16(10)11/h3-7,9,14H,8H2,1-2H3,(H,15,17). The van der Waals surface area contributed by atoms with Crippen molar-refractivity contribution < 1.29 is 4.79 Å². The molecular formula is C12H16N4O. The molecule has 5 nitrogen and oxygen atoms in total. The summed E-state index contributed by atoms with van der Waals surface area (Å²) in [6, 6.07) is 5.90. The zero-order valence-corrected chi connectivity index (χ0v) is 9.97.